The van der Waals surface area contributed by atoms with Gasteiger partial charge in [0.1, 0.15) is 5.58 Å². The van der Waals surface area contributed by atoms with Crippen LogP contribution in [0.25, 0.3) is 11.0 Å². The molecule has 0 atom stereocenters. The Bertz CT molecular complexity index is 2580. The van der Waals surface area contributed by atoms with Crippen molar-refractivity contribution < 1.29 is 4.42 Å². The van der Waals surface area contributed by atoms with Gasteiger partial charge in [0.2, 0.25) is 0 Å². The zero-order valence-electron chi connectivity index (χ0n) is 36.3. The first-order valence-corrected chi connectivity index (χ1v) is 20.8. The molecule has 3 aliphatic rings. The van der Waals surface area contributed by atoms with Crippen molar-refractivity contribution in [1.29, 1.82) is 0 Å². The average Bonchev–Trinajstić information content (AvgIpc) is 3.48. The molecule has 0 saturated heterocycles. The van der Waals surface area contributed by atoms with Crippen LogP contribution in [0.2, 0.25) is 0 Å². The van der Waals surface area contributed by atoms with Gasteiger partial charge in [0.15, 0.2) is 0 Å². The first kappa shape index (κ1) is 36.9. The van der Waals surface area contributed by atoms with Crippen molar-refractivity contribution in [3.63, 3.8) is 0 Å². The molecule has 2 aliphatic heterocycles. The third-order valence-electron chi connectivity index (χ3n) is 13.5. The van der Waals surface area contributed by atoms with Crippen molar-refractivity contribution >= 4 is 68.4 Å². The summed E-state index contributed by atoms with van der Waals surface area (Å²) in [6, 6.07) is 31.0. The smallest absolute Gasteiger partial charge is 0.297 e. The Hall–Kier alpha value is -4.70. The first-order valence-electron chi connectivity index (χ1n) is 20.8. The molecule has 1 aromatic heterocycles. The number of hydrogen-bond acceptors (Lipinski definition) is 3. The third kappa shape index (κ3) is 5.45. The fourth-order valence-electron chi connectivity index (χ4n) is 10.3. The summed E-state index contributed by atoms with van der Waals surface area (Å²) in [4.78, 5) is 5.15. The number of rotatable bonds is 2. The quantitative estimate of drug-likeness (QED) is 0.165. The molecule has 0 unspecified atom stereocenters. The highest BCUT2D eigenvalue weighted by Crippen LogP contribution is 2.52. The number of nitrogens with zero attached hydrogens (tertiary/aromatic N) is 2. The third-order valence-corrected chi connectivity index (χ3v) is 13.5. The Kier molecular flexibility index (Phi) is 7.85. The molecular formula is C52H59BN2O. The summed E-state index contributed by atoms with van der Waals surface area (Å²) in [6.07, 6.45) is 2.34. The summed E-state index contributed by atoms with van der Waals surface area (Å²) >= 11 is 0. The van der Waals surface area contributed by atoms with E-state index in [1.54, 1.807) is 0 Å². The number of fused-ring (bicyclic) bond motifs is 7. The van der Waals surface area contributed by atoms with Gasteiger partial charge >= 0.3 is 0 Å². The number of furan rings is 1. The van der Waals surface area contributed by atoms with Crippen LogP contribution in [-0.4, -0.2) is 6.71 Å². The molecule has 0 saturated carbocycles. The lowest BCUT2D eigenvalue weighted by molar-refractivity contribution is 0.332. The van der Waals surface area contributed by atoms with Crippen LogP contribution < -0.4 is 26.4 Å². The predicted molar refractivity (Wildman–Crippen MR) is 242 cm³/mol. The number of benzene rings is 5. The van der Waals surface area contributed by atoms with Gasteiger partial charge in [-0.05, 0) is 155 Å². The van der Waals surface area contributed by atoms with Crippen LogP contribution in [-0.2, 0) is 21.7 Å². The zero-order chi connectivity index (χ0) is 40.0. The second-order valence-electron chi connectivity index (χ2n) is 20.9. The van der Waals surface area contributed by atoms with Crippen LogP contribution in [0.15, 0.2) is 83.3 Å². The Labute approximate surface area is 336 Å². The molecule has 0 amide bonds. The standard InChI is InChI=1S/C52H59BN2O/c1-30-23-32(3)46(33(4)24-30)55-41-29-39-38(51(11,12)21-22-52(39,13)14)28-40(41)53-45-42(25-31(2)26-43(45)55)54(36-18-15-34(16-19-36)49(5,6)7)47-37-20-17-35(50(8,9)10)27-44(37)56-48(47)53/h15-20,23-29H,21-22H2,1-14H3. The van der Waals surface area contributed by atoms with Crippen LogP contribution in [0, 0.1) is 27.7 Å². The van der Waals surface area contributed by atoms with Crippen molar-refractivity contribution in [3.05, 3.63) is 123 Å². The molecular weight excluding hydrogens is 679 g/mol. The van der Waals surface area contributed by atoms with Crippen LogP contribution in [0.5, 0.6) is 0 Å². The number of aryl methyl sites for hydroxylation is 4. The molecule has 6 aromatic rings. The van der Waals surface area contributed by atoms with Gasteiger partial charge in [-0.3, -0.25) is 0 Å². The van der Waals surface area contributed by atoms with E-state index in [0.29, 0.717) is 0 Å². The highest BCUT2D eigenvalue weighted by molar-refractivity contribution is 7.00. The number of anilines is 6. The molecule has 0 N–H and O–H groups in total. The fourth-order valence-corrected chi connectivity index (χ4v) is 10.3. The van der Waals surface area contributed by atoms with Crippen LogP contribution in [0.3, 0.4) is 0 Å². The largest absolute Gasteiger partial charge is 0.468 e. The molecule has 3 heterocycles. The zero-order valence-corrected chi connectivity index (χ0v) is 36.3. The van der Waals surface area contributed by atoms with Gasteiger partial charge in [-0.25, -0.2) is 0 Å². The summed E-state index contributed by atoms with van der Waals surface area (Å²) in [5.74, 6) is 0. The molecule has 3 nitrogen and oxygen atoms in total. The van der Waals surface area contributed by atoms with Crippen molar-refractivity contribution in [3.8, 4) is 0 Å². The van der Waals surface area contributed by atoms with Crippen LogP contribution in [0.4, 0.5) is 34.1 Å². The summed E-state index contributed by atoms with van der Waals surface area (Å²) in [5, 5.41) is 1.16. The maximum absolute atomic E-state index is 7.37. The van der Waals surface area contributed by atoms with E-state index in [2.05, 4.69) is 186 Å². The van der Waals surface area contributed by atoms with E-state index >= 15 is 0 Å². The predicted octanol–water partition coefficient (Wildman–Crippen LogP) is 12.7. The second kappa shape index (κ2) is 11.9. The summed E-state index contributed by atoms with van der Waals surface area (Å²) in [7, 11) is 0. The normalized spacial score (nSPS) is 16.8. The molecule has 4 heteroatoms. The molecule has 0 spiro atoms. The Morgan fingerprint density at radius 2 is 1.11 bits per heavy atom. The van der Waals surface area contributed by atoms with Crippen LogP contribution in [0.1, 0.15) is 127 Å². The van der Waals surface area contributed by atoms with Gasteiger partial charge in [0, 0.05) is 28.1 Å². The molecule has 0 radical (unpaired) electrons. The first-order chi connectivity index (χ1) is 26.2. The summed E-state index contributed by atoms with van der Waals surface area (Å²) < 4.78 is 7.37. The van der Waals surface area contributed by atoms with E-state index in [1.165, 1.54) is 91.0 Å². The van der Waals surface area contributed by atoms with Crippen molar-refractivity contribution in [2.45, 2.75) is 131 Å². The van der Waals surface area contributed by atoms with E-state index in [4.69, 9.17) is 4.42 Å². The Morgan fingerprint density at radius 3 is 1.70 bits per heavy atom. The van der Waals surface area contributed by atoms with Gasteiger partial charge in [0.05, 0.1) is 17.0 Å². The minimum atomic E-state index is -0.0744. The SMILES string of the molecule is Cc1cc(C)c(N2c3cc4c(cc3B3c5oc6cc(C(C)(C)C)ccc6c5N(c5ccc(C(C)(C)C)cc5)c5cc(C)cc2c53)C(C)(C)CCC4(C)C)c(C)c1. The summed E-state index contributed by atoms with van der Waals surface area (Å²) in [6.45, 7) is 32.6. The molecule has 1 aliphatic carbocycles. The molecule has 5 aromatic carbocycles. The minimum absolute atomic E-state index is 0.00362. The van der Waals surface area contributed by atoms with Gasteiger partial charge in [-0.15, -0.1) is 0 Å². The van der Waals surface area contributed by atoms with Gasteiger partial charge in [-0.1, -0.05) is 111 Å². The molecule has 0 fully saturated rings. The average molecular weight is 739 g/mol. The van der Waals surface area contributed by atoms with E-state index < -0.39 is 0 Å². The van der Waals surface area contributed by atoms with Crippen molar-refractivity contribution in [2.75, 3.05) is 9.80 Å². The van der Waals surface area contributed by atoms with Gasteiger partial charge in [0.25, 0.3) is 6.71 Å². The summed E-state index contributed by atoms with van der Waals surface area (Å²) in [5.41, 5.74) is 22.9. The van der Waals surface area contributed by atoms with Gasteiger partial charge in [-0.2, -0.15) is 0 Å². The monoisotopic (exact) mass is 738 g/mol. The molecule has 9 rings (SSSR count). The lowest BCUT2D eigenvalue weighted by Crippen LogP contribution is -2.61. The topological polar surface area (TPSA) is 19.6 Å². The van der Waals surface area contributed by atoms with Crippen molar-refractivity contribution in [2.24, 2.45) is 0 Å². The van der Waals surface area contributed by atoms with Crippen LogP contribution >= 0.6 is 0 Å². The van der Waals surface area contributed by atoms with Gasteiger partial charge < -0.3 is 14.2 Å². The van der Waals surface area contributed by atoms with E-state index in [9.17, 15) is 0 Å². The highest BCUT2D eigenvalue weighted by atomic mass is 16.3. The highest BCUT2D eigenvalue weighted by Gasteiger charge is 2.49. The molecule has 0 bridgehead atoms. The fraction of sp³-hybridized carbons (Fsp3) is 0.385. The second-order valence-corrected chi connectivity index (χ2v) is 20.9. The Balaban J connectivity index is 1.43. The maximum atomic E-state index is 7.37. The maximum Gasteiger partial charge on any atom is 0.297 e. The van der Waals surface area contributed by atoms with E-state index in [0.717, 1.165) is 28.0 Å². The Morgan fingerprint density at radius 1 is 0.571 bits per heavy atom. The lowest BCUT2D eigenvalue weighted by Gasteiger charge is -2.47. The molecule has 56 heavy (non-hydrogen) atoms. The van der Waals surface area contributed by atoms with E-state index in [-0.39, 0.29) is 28.4 Å². The number of hydrogen-bond donors (Lipinski definition) is 0. The molecule has 286 valence electrons. The lowest BCUT2D eigenvalue weighted by atomic mass is 9.35. The minimum Gasteiger partial charge on any atom is -0.468 e. The van der Waals surface area contributed by atoms with E-state index in [1.807, 2.05) is 0 Å². The van der Waals surface area contributed by atoms with Crippen molar-refractivity contribution in [1.82, 2.24) is 0 Å².